The first-order chi connectivity index (χ1) is 8.50. The normalized spacial score (nSPS) is 10.6. The molecule has 0 aliphatic rings. The smallest absolute Gasteiger partial charge is 0.308 e. The van der Waals surface area contributed by atoms with Crippen LogP contribution in [0.3, 0.4) is 0 Å². The van der Waals surface area contributed by atoms with Crippen molar-refractivity contribution in [2.45, 2.75) is 13.3 Å². The van der Waals surface area contributed by atoms with Gasteiger partial charge in [-0.3, -0.25) is 14.7 Å². The van der Waals surface area contributed by atoms with Crippen molar-refractivity contribution in [3.63, 3.8) is 0 Å². The Morgan fingerprint density at radius 2 is 2.11 bits per heavy atom. The second-order valence-corrected chi connectivity index (χ2v) is 4.29. The molecule has 0 atom stereocenters. The highest BCUT2D eigenvalue weighted by atomic mass is 35.5. The number of halogens is 1. The summed E-state index contributed by atoms with van der Waals surface area (Å²) in [6.45, 7) is 1.66. The number of aliphatic carboxylic acids is 1. The van der Waals surface area contributed by atoms with E-state index in [1.165, 1.54) is 4.68 Å². The molecule has 0 bridgehead atoms. The van der Waals surface area contributed by atoms with Gasteiger partial charge in [0.2, 0.25) is 0 Å². The van der Waals surface area contributed by atoms with Crippen LogP contribution in [0, 0.1) is 6.92 Å². The van der Waals surface area contributed by atoms with E-state index in [9.17, 15) is 9.59 Å². The molecule has 0 aliphatic heterocycles. The molecule has 2 N–H and O–H groups in total. The summed E-state index contributed by atoms with van der Waals surface area (Å²) in [6.07, 6.45) is -0.307. The number of carboxylic acids is 1. The predicted octanol–water partition coefficient (Wildman–Crippen LogP) is 1.75. The second kappa shape index (κ2) is 4.70. The Hall–Kier alpha value is -2.01. The fraction of sp³-hybridized carbons (Fsp3) is 0.167. The van der Waals surface area contributed by atoms with E-state index in [4.69, 9.17) is 16.7 Å². The molecule has 2 aromatic rings. The maximum atomic E-state index is 12.1. The van der Waals surface area contributed by atoms with Gasteiger partial charge in [-0.2, -0.15) is 0 Å². The number of carbonyl (C=O) groups is 1. The van der Waals surface area contributed by atoms with E-state index in [1.807, 2.05) is 0 Å². The van der Waals surface area contributed by atoms with Crippen molar-refractivity contribution in [1.82, 2.24) is 9.78 Å². The third-order valence-corrected chi connectivity index (χ3v) is 2.93. The zero-order chi connectivity index (χ0) is 13.3. The van der Waals surface area contributed by atoms with Gasteiger partial charge in [-0.15, -0.1) is 0 Å². The summed E-state index contributed by atoms with van der Waals surface area (Å²) in [7, 11) is 0. The Bertz CT molecular complexity index is 658. The number of nitrogens with one attached hydrogen (secondary N) is 1. The number of aromatic amines is 1. The highest BCUT2D eigenvalue weighted by Gasteiger charge is 2.16. The number of aryl methyl sites for hydroxylation is 1. The molecule has 0 radical (unpaired) electrons. The minimum absolute atomic E-state index is 0.238. The molecular formula is C12H11ClN2O3. The lowest BCUT2D eigenvalue weighted by atomic mass is 10.2. The van der Waals surface area contributed by atoms with Crippen molar-refractivity contribution in [2.75, 3.05) is 0 Å². The number of hydrogen-bond donors (Lipinski definition) is 2. The van der Waals surface area contributed by atoms with Crippen LogP contribution in [-0.2, 0) is 11.2 Å². The summed E-state index contributed by atoms with van der Waals surface area (Å²) >= 11 is 6.00. The van der Waals surface area contributed by atoms with Crippen LogP contribution in [0.25, 0.3) is 5.69 Å². The third kappa shape index (κ3) is 2.17. The zero-order valence-corrected chi connectivity index (χ0v) is 10.4. The molecule has 0 aliphatic carbocycles. The molecule has 6 heteroatoms. The maximum absolute atomic E-state index is 12.1. The predicted molar refractivity (Wildman–Crippen MR) is 67.5 cm³/mol. The average Bonchev–Trinajstić information content (AvgIpc) is 2.57. The molecule has 0 saturated carbocycles. The zero-order valence-electron chi connectivity index (χ0n) is 9.61. The molecule has 0 fully saturated rings. The van der Waals surface area contributed by atoms with Gasteiger partial charge in [-0.1, -0.05) is 23.7 Å². The largest absolute Gasteiger partial charge is 0.481 e. The van der Waals surface area contributed by atoms with Crippen LogP contribution in [0.15, 0.2) is 29.1 Å². The van der Waals surface area contributed by atoms with Gasteiger partial charge in [0.1, 0.15) is 0 Å². The van der Waals surface area contributed by atoms with E-state index in [2.05, 4.69) is 5.10 Å². The van der Waals surface area contributed by atoms with Gasteiger partial charge in [-0.25, -0.2) is 4.68 Å². The molecule has 1 heterocycles. The molecular weight excluding hydrogens is 256 g/mol. The number of para-hydroxylation sites is 1. The molecule has 0 unspecified atom stereocenters. The summed E-state index contributed by atoms with van der Waals surface area (Å²) in [5.74, 6) is -1.04. The third-order valence-electron chi connectivity index (χ3n) is 2.61. The standard InChI is InChI=1S/C12H11ClN2O3/c1-7-8(6-11(16)17)12(18)15(14-7)10-5-3-2-4-9(10)13/h2-5,14H,6H2,1H3,(H,16,17). The van der Waals surface area contributed by atoms with Gasteiger partial charge in [0.05, 0.1) is 22.7 Å². The number of benzene rings is 1. The van der Waals surface area contributed by atoms with Crippen LogP contribution >= 0.6 is 11.6 Å². The van der Waals surface area contributed by atoms with Crippen molar-refractivity contribution in [3.8, 4) is 5.69 Å². The van der Waals surface area contributed by atoms with Crippen LogP contribution in [-0.4, -0.2) is 20.9 Å². The lowest BCUT2D eigenvalue weighted by Gasteiger charge is -2.03. The Morgan fingerprint density at radius 3 is 2.72 bits per heavy atom. The number of aromatic nitrogens is 2. The van der Waals surface area contributed by atoms with E-state index < -0.39 is 5.97 Å². The Labute approximate surface area is 108 Å². The fourth-order valence-electron chi connectivity index (χ4n) is 1.74. The first kappa shape index (κ1) is 12.4. The molecule has 0 saturated heterocycles. The van der Waals surface area contributed by atoms with Crippen LogP contribution < -0.4 is 5.56 Å². The number of nitrogens with zero attached hydrogens (tertiary/aromatic N) is 1. The van der Waals surface area contributed by atoms with Gasteiger partial charge < -0.3 is 5.11 Å². The van der Waals surface area contributed by atoms with E-state index in [-0.39, 0.29) is 17.5 Å². The lowest BCUT2D eigenvalue weighted by Crippen LogP contribution is -2.19. The number of rotatable bonds is 3. The lowest BCUT2D eigenvalue weighted by molar-refractivity contribution is -0.136. The SMILES string of the molecule is Cc1[nH]n(-c2ccccc2Cl)c(=O)c1CC(=O)O. The number of hydrogen-bond acceptors (Lipinski definition) is 2. The van der Waals surface area contributed by atoms with Gasteiger partial charge in [-0.05, 0) is 19.1 Å². The molecule has 0 amide bonds. The van der Waals surface area contributed by atoms with Crippen LogP contribution in [0.5, 0.6) is 0 Å². The topological polar surface area (TPSA) is 75.1 Å². The summed E-state index contributed by atoms with van der Waals surface area (Å²) in [5.41, 5.74) is 0.886. The van der Waals surface area contributed by atoms with Gasteiger partial charge in [0, 0.05) is 5.69 Å². The van der Waals surface area contributed by atoms with Gasteiger partial charge in [0.15, 0.2) is 0 Å². The highest BCUT2D eigenvalue weighted by molar-refractivity contribution is 6.32. The van der Waals surface area contributed by atoms with Crippen molar-refractivity contribution >= 4 is 17.6 Å². The van der Waals surface area contributed by atoms with Crippen LogP contribution in [0.2, 0.25) is 5.02 Å². The minimum atomic E-state index is -1.04. The van der Waals surface area contributed by atoms with Crippen molar-refractivity contribution in [2.24, 2.45) is 0 Å². The van der Waals surface area contributed by atoms with E-state index in [0.29, 0.717) is 16.4 Å². The van der Waals surface area contributed by atoms with E-state index in [1.54, 1.807) is 31.2 Å². The monoisotopic (exact) mass is 266 g/mol. The maximum Gasteiger partial charge on any atom is 0.308 e. The molecule has 94 valence electrons. The molecule has 0 spiro atoms. The summed E-state index contributed by atoms with van der Waals surface area (Å²) < 4.78 is 1.26. The molecule has 2 rings (SSSR count). The molecule has 18 heavy (non-hydrogen) atoms. The molecule has 1 aromatic carbocycles. The van der Waals surface area contributed by atoms with Crippen molar-refractivity contribution < 1.29 is 9.90 Å². The summed E-state index contributed by atoms with van der Waals surface area (Å²) in [6, 6.07) is 6.85. The Balaban J connectivity index is 2.58. The minimum Gasteiger partial charge on any atom is -0.481 e. The van der Waals surface area contributed by atoms with Crippen molar-refractivity contribution in [1.29, 1.82) is 0 Å². The van der Waals surface area contributed by atoms with E-state index >= 15 is 0 Å². The Kier molecular flexibility index (Phi) is 3.25. The number of H-pyrrole nitrogens is 1. The van der Waals surface area contributed by atoms with Gasteiger partial charge >= 0.3 is 5.97 Å². The molecule has 1 aromatic heterocycles. The van der Waals surface area contributed by atoms with E-state index in [0.717, 1.165) is 0 Å². The average molecular weight is 267 g/mol. The number of carboxylic acid groups (broad SMARTS) is 1. The Morgan fingerprint density at radius 1 is 1.44 bits per heavy atom. The molecule has 5 nitrogen and oxygen atoms in total. The van der Waals surface area contributed by atoms with Crippen LogP contribution in [0.4, 0.5) is 0 Å². The van der Waals surface area contributed by atoms with Crippen LogP contribution in [0.1, 0.15) is 11.3 Å². The quantitative estimate of drug-likeness (QED) is 0.889. The fourth-order valence-corrected chi connectivity index (χ4v) is 1.96. The first-order valence-corrected chi connectivity index (χ1v) is 5.65. The second-order valence-electron chi connectivity index (χ2n) is 3.88. The first-order valence-electron chi connectivity index (χ1n) is 5.28. The summed E-state index contributed by atoms with van der Waals surface area (Å²) in [5, 5.41) is 12.0. The highest BCUT2D eigenvalue weighted by Crippen LogP contribution is 2.18. The van der Waals surface area contributed by atoms with Gasteiger partial charge in [0.25, 0.3) is 5.56 Å². The summed E-state index contributed by atoms with van der Waals surface area (Å²) in [4.78, 5) is 22.8. The van der Waals surface area contributed by atoms with Crippen molar-refractivity contribution in [3.05, 3.63) is 50.9 Å².